The maximum atomic E-state index is 3.34. The lowest BCUT2D eigenvalue weighted by Gasteiger charge is -2.11. The molecular formula is C40H24N2. The van der Waals surface area contributed by atoms with Crippen molar-refractivity contribution in [2.24, 2.45) is 0 Å². The first kappa shape index (κ1) is 23.0. The van der Waals surface area contributed by atoms with Gasteiger partial charge in [-0.05, 0) is 76.5 Å². The van der Waals surface area contributed by atoms with Crippen molar-refractivity contribution in [1.82, 2.24) is 9.13 Å². The molecule has 7 aromatic carbocycles. The van der Waals surface area contributed by atoms with Gasteiger partial charge in [-0.3, -0.25) is 0 Å². The van der Waals surface area contributed by atoms with E-state index in [9.17, 15) is 0 Å². The first-order valence-corrected chi connectivity index (χ1v) is 14.3. The number of hydrogen-bond donors (Lipinski definition) is 0. The molecule has 2 nitrogen and oxygen atoms in total. The normalized spacial score (nSPS) is 11.6. The van der Waals surface area contributed by atoms with Crippen molar-refractivity contribution in [1.29, 1.82) is 0 Å². The van der Waals surface area contributed by atoms with Crippen LogP contribution in [-0.4, -0.2) is 9.13 Å². The van der Waals surface area contributed by atoms with E-state index in [0.717, 1.165) is 5.69 Å². The van der Waals surface area contributed by atoms with Gasteiger partial charge in [-0.1, -0.05) is 103 Å². The minimum Gasteiger partial charge on any atom is -0.309 e. The van der Waals surface area contributed by atoms with Crippen LogP contribution in [0.25, 0.3) is 76.9 Å². The molecule has 0 bridgehead atoms. The van der Waals surface area contributed by atoms with Gasteiger partial charge >= 0.3 is 0 Å². The third-order valence-electron chi connectivity index (χ3n) is 8.55. The minimum absolute atomic E-state index is 0.993. The Labute approximate surface area is 243 Å². The third-order valence-corrected chi connectivity index (χ3v) is 8.55. The van der Waals surface area contributed by atoms with Gasteiger partial charge in [-0.25, -0.2) is 0 Å². The molecule has 2 aromatic heterocycles. The highest BCUT2D eigenvalue weighted by Crippen LogP contribution is 2.41. The van der Waals surface area contributed by atoms with Crippen molar-refractivity contribution in [2.75, 3.05) is 0 Å². The molecule has 0 radical (unpaired) electrons. The highest BCUT2D eigenvalue weighted by Gasteiger charge is 2.18. The fraction of sp³-hybridized carbons (Fsp3) is 0. The molecule has 0 unspecified atom stereocenters. The SMILES string of the molecule is c1cccc(-n2c3ccccc3c3ccc(-c4cccc5c4c4ccccc4n5-c4ccc5ccccc5c4)cc32)c#1. The molecule has 0 aliphatic heterocycles. The van der Waals surface area contributed by atoms with E-state index in [4.69, 9.17) is 0 Å². The van der Waals surface area contributed by atoms with Gasteiger partial charge in [0.2, 0.25) is 0 Å². The lowest BCUT2D eigenvalue weighted by molar-refractivity contribution is 1.18. The second-order valence-electron chi connectivity index (χ2n) is 10.8. The molecule has 0 saturated heterocycles. The van der Waals surface area contributed by atoms with E-state index in [1.165, 1.54) is 71.2 Å². The van der Waals surface area contributed by atoms with E-state index in [1.807, 2.05) is 12.1 Å². The van der Waals surface area contributed by atoms with E-state index in [-0.39, 0.29) is 0 Å². The predicted octanol–water partition coefficient (Wildman–Crippen LogP) is 10.3. The zero-order valence-corrected chi connectivity index (χ0v) is 22.8. The first-order valence-electron chi connectivity index (χ1n) is 14.3. The Morgan fingerprint density at radius 3 is 2.05 bits per heavy atom. The summed E-state index contributed by atoms with van der Waals surface area (Å²) in [6, 6.07) is 58.8. The van der Waals surface area contributed by atoms with Gasteiger partial charge in [0.1, 0.15) is 0 Å². The van der Waals surface area contributed by atoms with Crippen molar-refractivity contribution in [3.8, 4) is 22.5 Å². The van der Waals surface area contributed by atoms with E-state index < -0.39 is 0 Å². The Morgan fingerprint density at radius 2 is 1.19 bits per heavy atom. The van der Waals surface area contributed by atoms with Gasteiger partial charge in [0.05, 0.1) is 27.8 Å². The second-order valence-corrected chi connectivity index (χ2v) is 10.8. The van der Waals surface area contributed by atoms with Gasteiger partial charge in [0, 0.05) is 27.2 Å². The summed E-state index contributed by atoms with van der Waals surface area (Å²) in [6.45, 7) is 0. The number of fused-ring (bicyclic) bond motifs is 7. The standard InChI is InChI=1S/C40H24N2/c1-2-13-30(14-3-1)41-36-18-8-6-15-33(36)34-24-22-29(26-39(34)41)32-17-10-20-38-40(32)35-16-7-9-19-37(35)42(38)31-23-21-27-11-4-5-12-28(27)25-31/h1-2,4-13,15-26H. The second kappa shape index (κ2) is 8.86. The van der Waals surface area contributed by atoms with Crippen LogP contribution in [0.1, 0.15) is 0 Å². The van der Waals surface area contributed by atoms with Crippen molar-refractivity contribution < 1.29 is 0 Å². The largest absolute Gasteiger partial charge is 0.309 e. The molecule has 0 amide bonds. The Hall–Kier alpha value is -5.78. The number of benzene rings is 6. The first-order chi connectivity index (χ1) is 20.8. The molecule has 0 aliphatic carbocycles. The molecule has 0 saturated carbocycles. The predicted molar refractivity (Wildman–Crippen MR) is 176 cm³/mol. The van der Waals surface area contributed by atoms with Gasteiger partial charge in [-0.15, -0.1) is 0 Å². The van der Waals surface area contributed by atoms with E-state index >= 15 is 0 Å². The van der Waals surface area contributed by atoms with Crippen molar-refractivity contribution >= 4 is 54.4 Å². The van der Waals surface area contributed by atoms with Gasteiger partial charge < -0.3 is 9.13 Å². The average Bonchev–Trinajstić information content (AvgIpc) is 3.57. The zero-order valence-electron chi connectivity index (χ0n) is 22.8. The van der Waals surface area contributed by atoms with Gasteiger partial charge in [0.15, 0.2) is 0 Å². The molecule has 0 spiro atoms. The molecule has 2 heteroatoms. The van der Waals surface area contributed by atoms with E-state index in [2.05, 4.69) is 155 Å². The van der Waals surface area contributed by atoms with Crippen LogP contribution < -0.4 is 0 Å². The maximum absolute atomic E-state index is 3.34. The Kier molecular flexibility index (Phi) is 4.85. The molecule has 0 N–H and O–H groups in total. The highest BCUT2D eigenvalue weighted by atomic mass is 15.0. The summed E-state index contributed by atoms with van der Waals surface area (Å²) in [5, 5.41) is 7.48. The van der Waals surface area contributed by atoms with E-state index in [0.29, 0.717) is 0 Å². The maximum Gasteiger partial charge on any atom is 0.0973 e. The van der Waals surface area contributed by atoms with Crippen molar-refractivity contribution in [3.05, 3.63) is 158 Å². The fourth-order valence-corrected chi connectivity index (χ4v) is 6.73. The highest BCUT2D eigenvalue weighted by molar-refractivity contribution is 6.17. The minimum atomic E-state index is 0.993. The van der Waals surface area contributed by atoms with Crippen LogP contribution in [0.2, 0.25) is 0 Å². The molecule has 194 valence electrons. The molecule has 0 aliphatic rings. The summed E-state index contributed by atoms with van der Waals surface area (Å²) >= 11 is 0. The quantitative estimate of drug-likeness (QED) is 0.214. The summed E-state index contributed by atoms with van der Waals surface area (Å²) < 4.78 is 4.72. The Bertz CT molecular complexity index is 2460. The molecule has 9 aromatic rings. The molecule has 42 heavy (non-hydrogen) atoms. The molecule has 0 atom stereocenters. The van der Waals surface area contributed by atoms with Gasteiger partial charge in [0.25, 0.3) is 0 Å². The summed E-state index contributed by atoms with van der Waals surface area (Å²) in [7, 11) is 0. The summed E-state index contributed by atoms with van der Waals surface area (Å²) in [4.78, 5) is 0. The van der Waals surface area contributed by atoms with Crippen LogP contribution in [0.3, 0.4) is 0 Å². The molecule has 9 rings (SSSR count). The van der Waals surface area contributed by atoms with E-state index in [1.54, 1.807) is 0 Å². The smallest absolute Gasteiger partial charge is 0.0973 e. The lowest BCUT2D eigenvalue weighted by atomic mass is 9.98. The number of hydrogen-bond acceptors (Lipinski definition) is 0. The fourth-order valence-electron chi connectivity index (χ4n) is 6.73. The molecule has 0 fully saturated rings. The lowest BCUT2D eigenvalue weighted by Crippen LogP contribution is -1.94. The Morgan fingerprint density at radius 1 is 0.452 bits per heavy atom. The van der Waals surface area contributed by atoms with Gasteiger partial charge in [-0.2, -0.15) is 0 Å². The summed E-state index contributed by atoms with van der Waals surface area (Å²) in [5.74, 6) is 0. The average molecular weight is 533 g/mol. The topological polar surface area (TPSA) is 9.86 Å². The molecular weight excluding hydrogens is 508 g/mol. The monoisotopic (exact) mass is 532 g/mol. The van der Waals surface area contributed by atoms with Crippen LogP contribution in [0, 0.1) is 12.1 Å². The van der Waals surface area contributed by atoms with Crippen LogP contribution in [0.5, 0.6) is 0 Å². The van der Waals surface area contributed by atoms with Crippen molar-refractivity contribution in [3.63, 3.8) is 0 Å². The zero-order chi connectivity index (χ0) is 27.6. The third kappa shape index (κ3) is 3.28. The van der Waals surface area contributed by atoms with Crippen LogP contribution in [0.4, 0.5) is 0 Å². The number of aromatic nitrogens is 2. The van der Waals surface area contributed by atoms with Crippen molar-refractivity contribution in [2.45, 2.75) is 0 Å². The Balaban J connectivity index is 1.34. The summed E-state index contributed by atoms with van der Waals surface area (Å²) in [5.41, 5.74) is 9.33. The van der Waals surface area contributed by atoms with Crippen LogP contribution >= 0.6 is 0 Å². The summed E-state index contributed by atoms with van der Waals surface area (Å²) in [6.07, 6.45) is 0. The van der Waals surface area contributed by atoms with Crippen LogP contribution in [0.15, 0.2) is 146 Å². The van der Waals surface area contributed by atoms with Crippen LogP contribution in [-0.2, 0) is 0 Å². The number of para-hydroxylation sites is 2. The number of rotatable bonds is 3. The number of nitrogens with zero attached hydrogens (tertiary/aromatic N) is 2. The molecule has 2 heterocycles.